The number of hydrogen-bond acceptors (Lipinski definition) is 2. The van der Waals surface area contributed by atoms with Gasteiger partial charge in [0.25, 0.3) is 12.0 Å². The normalized spacial score (nSPS) is 10.2. The molecule has 0 unspecified atom stereocenters. The predicted octanol–water partition coefficient (Wildman–Crippen LogP) is 1.98. The highest BCUT2D eigenvalue weighted by molar-refractivity contribution is 14.1. The smallest absolute Gasteiger partial charge is 0.279 e. The number of halogens is 3. The molecule has 0 saturated carbocycles. The van der Waals surface area contributed by atoms with Crippen LogP contribution in [0.4, 0.5) is 8.78 Å². The molecular weight excluding hydrogens is 305 g/mol. The topological polar surface area (TPSA) is 56.6 Å². The summed E-state index contributed by atoms with van der Waals surface area (Å²) < 4.78 is 24.8. The van der Waals surface area contributed by atoms with Gasteiger partial charge in [0.15, 0.2) is 0 Å². The second-order valence-corrected chi connectivity index (χ2v) is 3.68. The molecule has 0 fully saturated rings. The second kappa shape index (κ2) is 4.50. The first-order chi connectivity index (χ1) is 6.56. The van der Waals surface area contributed by atoms with Crippen molar-refractivity contribution < 1.29 is 8.78 Å². The van der Waals surface area contributed by atoms with Crippen LogP contribution in [0.15, 0.2) is 10.9 Å². The van der Waals surface area contributed by atoms with Crippen molar-refractivity contribution in [1.29, 1.82) is 5.26 Å². The number of H-pyrrole nitrogens is 1. The van der Waals surface area contributed by atoms with Gasteiger partial charge in [0.05, 0.1) is 18.2 Å². The summed E-state index contributed by atoms with van der Waals surface area (Å²) in [6.45, 7) is 0. The molecule has 14 heavy (non-hydrogen) atoms. The van der Waals surface area contributed by atoms with Gasteiger partial charge < -0.3 is 4.98 Å². The molecule has 3 nitrogen and oxygen atoms in total. The van der Waals surface area contributed by atoms with Crippen LogP contribution in [-0.2, 0) is 6.42 Å². The van der Waals surface area contributed by atoms with Crippen molar-refractivity contribution in [2.45, 2.75) is 12.8 Å². The van der Waals surface area contributed by atoms with E-state index >= 15 is 0 Å². The van der Waals surface area contributed by atoms with Crippen molar-refractivity contribution in [2.24, 2.45) is 0 Å². The minimum Gasteiger partial charge on any atom is -0.320 e. The van der Waals surface area contributed by atoms with Crippen LogP contribution in [0.1, 0.15) is 17.7 Å². The van der Waals surface area contributed by atoms with Crippen molar-refractivity contribution in [2.75, 3.05) is 0 Å². The average Bonchev–Trinajstić information content (AvgIpc) is 2.10. The third-order valence-corrected chi connectivity index (χ3v) is 2.48. The van der Waals surface area contributed by atoms with E-state index in [9.17, 15) is 13.6 Å². The Balaban J connectivity index is 3.26. The monoisotopic (exact) mass is 310 g/mol. The maximum Gasteiger partial charge on any atom is 0.279 e. The van der Waals surface area contributed by atoms with Crippen LogP contribution >= 0.6 is 22.6 Å². The van der Waals surface area contributed by atoms with Gasteiger partial charge >= 0.3 is 0 Å². The molecule has 1 aromatic heterocycles. The minimum absolute atomic E-state index is 0.0746. The molecule has 0 atom stereocenters. The molecule has 1 rings (SSSR count). The van der Waals surface area contributed by atoms with Gasteiger partial charge in [-0.3, -0.25) is 4.79 Å². The Kier molecular flexibility index (Phi) is 3.57. The van der Waals surface area contributed by atoms with Gasteiger partial charge in [0.2, 0.25) is 0 Å². The van der Waals surface area contributed by atoms with Crippen LogP contribution in [-0.4, -0.2) is 4.98 Å². The lowest BCUT2D eigenvalue weighted by Crippen LogP contribution is -2.16. The van der Waals surface area contributed by atoms with E-state index in [1.165, 1.54) is 6.07 Å². The number of aromatic amines is 1. The van der Waals surface area contributed by atoms with Crippen LogP contribution in [0, 0.1) is 14.9 Å². The molecular formula is C8H5F2IN2O. The Labute approximate surface area is 91.9 Å². The van der Waals surface area contributed by atoms with Crippen molar-refractivity contribution in [3.63, 3.8) is 0 Å². The maximum absolute atomic E-state index is 12.3. The lowest BCUT2D eigenvalue weighted by atomic mass is 10.2. The SMILES string of the molecule is N#CCc1cc(I)c(C(F)F)[nH]c1=O. The summed E-state index contributed by atoms with van der Waals surface area (Å²) in [6.07, 6.45) is -2.78. The Morgan fingerprint density at radius 3 is 2.79 bits per heavy atom. The molecule has 0 aliphatic carbocycles. The van der Waals surface area contributed by atoms with Gasteiger partial charge in [-0.1, -0.05) is 0 Å². The van der Waals surface area contributed by atoms with Gasteiger partial charge in [-0.05, 0) is 28.7 Å². The summed E-state index contributed by atoms with van der Waals surface area (Å²) in [5, 5.41) is 8.36. The molecule has 0 aliphatic heterocycles. The van der Waals surface area contributed by atoms with Crippen LogP contribution in [0.3, 0.4) is 0 Å². The van der Waals surface area contributed by atoms with Crippen molar-refractivity contribution >= 4 is 22.6 Å². The molecule has 1 N–H and O–H groups in total. The number of nitriles is 1. The molecule has 1 aromatic rings. The Hall–Kier alpha value is -0.970. The number of alkyl halides is 2. The second-order valence-electron chi connectivity index (χ2n) is 2.52. The first-order valence-corrected chi connectivity index (χ1v) is 4.71. The summed E-state index contributed by atoms with van der Waals surface area (Å²) in [4.78, 5) is 13.2. The fraction of sp³-hybridized carbons (Fsp3) is 0.250. The van der Waals surface area contributed by atoms with Gasteiger partial charge in [-0.15, -0.1) is 0 Å². The number of rotatable bonds is 2. The zero-order valence-electron chi connectivity index (χ0n) is 6.85. The summed E-state index contributed by atoms with van der Waals surface area (Å²) >= 11 is 1.70. The molecule has 0 saturated heterocycles. The minimum atomic E-state index is -2.70. The highest BCUT2D eigenvalue weighted by Crippen LogP contribution is 2.21. The van der Waals surface area contributed by atoms with E-state index in [-0.39, 0.29) is 15.6 Å². The standard InChI is InChI=1S/C8H5F2IN2O/c9-7(10)6-5(11)3-4(1-2-12)8(14)13-6/h3,7H,1H2,(H,13,14). The van der Waals surface area contributed by atoms with E-state index in [2.05, 4.69) is 4.98 Å². The number of nitrogens with zero attached hydrogens (tertiary/aromatic N) is 1. The highest BCUT2D eigenvalue weighted by atomic mass is 127. The Bertz CT molecular complexity index is 436. The lowest BCUT2D eigenvalue weighted by Gasteiger charge is -2.03. The van der Waals surface area contributed by atoms with E-state index < -0.39 is 17.7 Å². The fourth-order valence-corrected chi connectivity index (χ4v) is 1.68. The van der Waals surface area contributed by atoms with Crippen LogP contribution in [0.5, 0.6) is 0 Å². The summed E-state index contributed by atoms with van der Waals surface area (Å²) in [5.74, 6) is 0. The molecule has 0 spiro atoms. The average molecular weight is 310 g/mol. The van der Waals surface area contributed by atoms with Crippen LogP contribution in [0.25, 0.3) is 0 Å². The lowest BCUT2D eigenvalue weighted by molar-refractivity contribution is 0.144. The van der Waals surface area contributed by atoms with E-state index in [1.807, 2.05) is 0 Å². The Morgan fingerprint density at radius 1 is 1.64 bits per heavy atom. The number of pyridine rings is 1. The van der Waals surface area contributed by atoms with E-state index in [4.69, 9.17) is 5.26 Å². The molecule has 0 amide bonds. The number of nitrogens with one attached hydrogen (secondary N) is 1. The number of hydrogen-bond donors (Lipinski definition) is 1. The highest BCUT2D eigenvalue weighted by Gasteiger charge is 2.14. The van der Waals surface area contributed by atoms with Crippen LogP contribution in [0.2, 0.25) is 0 Å². The van der Waals surface area contributed by atoms with E-state index in [0.717, 1.165) is 0 Å². The molecule has 6 heteroatoms. The Morgan fingerprint density at radius 2 is 2.29 bits per heavy atom. The quantitative estimate of drug-likeness (QED) is 0.849. The zero-order chi connectivity index (χ0) is 10.7. The van der Waals surface area contributed by atoms with Crippen molar-refractivity contribution in [1.82, 2.24) is 4.98 Å². The summed E-state index contributed by atoms with van der Waals surface area (Å²) in [6, 6.07) is 3.10. The van der Waals surface area contributed by atoms with Crippen molar-refractivity contribution in [3.8, 4) is 6.07 Å². The first kappa shape index (κ1) is 11.1. The van der Waals surface area contributed by atoms with Gasteiger partial charge in [0.1, 0.15) is 0 Å². The maximum atomic E-state index is 12.3. The molecule has 1 heterocycles. The van der Waals surface area contributed by atoms with E-state index in [1.54, 1.807) is 28.7 Å². The van der Waals surface area contributed by atoms with Crippen LogP contribution < -0.4 is 5.56 Å². The predicted molar refractivity (Wildman–Crippen MR) is 54.1 cm³/mol. The largest absolute Gasteiger partial charge is 0.320 e. The van der Waals surface area contributed by atoms with E-state index in [0.29, 0.717) is 0 Å². The third-order valence-electron chi connectivity index (χ3n) is 1.59. The van der Waals surface area contributed by atoms with Gasteiger partial charge in [-0.25, -0.2) is 8.78 Å². The number of aromatic nitrogens is 1. The van der Waals surface area contributed by atoms with Gasteiger partial charge in [0, 0.05) is 9.13 Å². The first-order valence-electron chi connectivity index (χ1n) is 3.63. The molecule has 0 bridgehead atoms. The van der Waals surface area contributed by atoms with Crippen molar-refractivity contribution in [3.05, 3.63) is 31.2 Å². The van der Waals surface area contributed by atoms with Gasteiger partial charge in [-0.2, -0.15) is 5.26 Å². The summed E-state index contributed by atoms with van der Waals surface area (Å²) in [5.41, 5.74) is -0.805. The molecule has 0 aromatic carbocycles. The zero-order valence-corrected chi connectivity index (χ0v) is 9.01. The molecule has 74 valence electrons. The summed E-state index contributed by atoms with van der Waals surface area (Å²) in [7, 11) is 0. The molecule has 0 radical (unpaired) electrons. The fourth-order valence-electron chi connectivity index (χ4n) is 0.934. The molecule has 0 aliphatic rings. The third kappa shape index (κ3) is 2.29.